The zero-order chi connectivity index (χ0) is 13.1. The summed E-state index contributed by atoms with van der Waals surface area (Å²) in [5.74, 6) is -0.230. The van der Waals surface area contributed by atoms with Crippen molar-refractivity contribution in [3.05, 3.63) is 29.6 Å². The first kappa shape index (κ1) is 13.3. The molecule has 0 saturated carbocycles. The van der Waals surface area contributed by atoms with E-state index in [9.17, 15) is 4.39 Å². The summed E-state index contributed by atoms with van der Waals surface area (Å²) < 4.78 is 19.0. The normalized spacial score (nSPS) is 22.0. The lowest BCUT2D eigenvalue weighted by atomic mass is 10.0. The average Bonchev–Trinajstić information content (AvgIpc) is 2.38. The quantitative estimate of drug-likeness (QED) is 0.898. The van der Waals surface area contributed by atoms with E-state index >= 15 is 0 Å². The highest BCUT2D eigenvalue weighted by Crippen LogP contribution is 2.28. The molecule has 4 heteroatoms. The van der Waals surface area contributed by atoms with Crippen LogP contribution in [0.2, 0.25) is 0 Å². The second-order valence-corrected chi connectivity index (χ2v) is 4.84. The summed E-state index contributed by atoms with van der Waals surface area (Å²) in [5.41, 5.74) is 7.84. The molecule has 1 saturated heterocycles. The first-order valence-electron chi connectivity index (χ1n) is 6.53. The zero-order valence-corrected chi connectivity index (χ0v) is 11.0. The molecule has 0 amide bonds. The zero-order valence-electron chi connectivity index (χ0n) is 11.0. The van der Waals surface area contributed by atoms with Crippen molar-refractivity contribution in [2.75, 3.05) is 24.6 Å². The number of anilines is 1. The van der Waals surface area contributed by atoms with Crippen molar-refractivity contribution in [1.29, 1.82) is 0 Å². The number of benzene rings is 1. The van der Waals surface area contributed by atoms with Crippen LogP contribution in [0.25, 0.3) is 0 Å². The van der Waals surface area contributed by atoms with Gasteiger partial charge in [-0.15, -0.1) is 0 Å². The molecule has 100 valence electrons. The highest BCUT2D eigenvalue weighted by atomic mass is 19.1. The van der Waals surface area contributed by atoms with Gasteiger partial charge in [-0.3, -0.25) is 0 Å². The molecule has 1 fully saturated rings. The van der Waals surface area contributed by atoms with E-state index in [2.05, 4.69) is 11.8 Å². The van der Waals surface area contributed by atoms with E-state index in [4.69, 9.17) is 10.5 Å². The van der Waals surface area contributed by atoms with Crippen LogP contribution in [0, 0.1) is 5.82 Å². The molecule has 1 aliphatic rings. The minimum absolute atomic E-state index is 0.168. The van der Waals surface area contributed by atoms with E-state index in [1.54, 1.807) is 0 Å². The molecule has 0 bridgehead atoms. The van der Waals surface area contributed by atoms with Crippen molar-refractivity contribution in [1.82, 2.24) is 0 Å². The van der Waals surface area contributed by atoms with Crippen LogP contribution in [0.5, 0.6) is 0 Å². The Morgan fingerprint density at radius 1 is 1.56 bits per heavy atom. The Labute approximate surface area is 108 Å². The number of hydrogen-bond acceptors (Lipinski definition) is 3. The SMILES string of the molecule is CCC1CN(c2ccc(F)cc2C(C)N)CCO1. The summed E-state index contributed by atoms with van der Waals surface area (Å²) >= 11 is 0. The lowest BCUT2D eigenvalue weighted by Gasteiger charge is -2.35. The van der Waals surface area contributed by atoms with E-state index in [1.807, 2.05) is 13.0 Å². The van der Waals surface area contributed by atoms with Crippen molar-refractivity contribution in [2.45, 2.75) is 32.4 Å². The molecule has 3 nitrogen and oxygen atoms in total. The van der Waals surface area contributed by atoms with Gasteiger partial charge in [0.2, 0.25) is 0 Å². The summed E-state index contributed by atoms with van der Waals surface area (Å²) in [6, 6.07) is 4.69. The average molecular weight is 252 g/mol. The van der Waals surface area contributed by atoms with E-state index in [0.29, 0.717) is 6.61 Å². The molecule has 2 atom stereocenters. The molecular formula is C14H21FN2O. The van der Waals surface area contributed by atoms with Crippen LogP contribution in [-0.4, -0.2) is 25.8 Å². The highest BCUT2D eigenvalue weighted by Gasteiger charge is 2.22. The second-order valence-electron chi connectivity index (χ2n) is 4.84. The number of nitrogens with zero attached hydrogens (tertiary/aromatic N) is 1. The monoisotopic (exact) mass is 252 g/mol. The van der Waals surface area contributed by atoms with Crippen LogP contribution in [0.4, 0.5) is 10.1 Å². The summed E-state index contributed by atoms with van der Waals surface area (Å²) in [4.78, 5) is 2.25. The van der Waals surface area contributed by atoms with Gasteiger partial charge in [-0.1, -0.05) is 6.92 Å². The standard InChI is InChI=1S/C14H21FN2O/c1-3-12-9-17(6-7-18-12)14-5-4-11(15)8-13(14)10(2)16/h4-5,8,10,12H,3,6-7,9,16H2,1-2H3. The Kier molecular flexibility index (Phi) is 4.19. The predicted octanol–water partition coefficient (Wildman–Crippen LogP) is 2.46. The number of hydrogen-bond donors (Lipinski definition) is 1. The van der Waals surface area contributed by atoms with Gasteiger partial charge in [-0.25, -0.2) is 4.39 Å². The molecule has 0 aliphatic carbocycles. The highest BCUT2D eigenvalue weighted by molar-refractivity contribution is 5.55. The molecule has 0 radical (unpaired) electrons. The fourth-order valence-electron chi connectivity index (χ4n) is 2.36. The van der Waals surface area contributed by atoms with Crippen molar-refractivity contribution >= 4 is 5.69 Å². The number of rotatable bonds is 3. The second kappa shape index (κ2) is 5.67. The Balaban J connectivity index is 2.26. The molecule has 18 heavy (non-hydrogen) atoms. The third-order valence-corrected chi connectivity index (χ3v) is 3.41. The van der Waals surface area contributed by atoms with Gasteiger partial charge in [0.1, 0.15) is 5.82 Å². The molecule has 1 aromatic rings. The molecule has 0 aromatic heterocycles. The van der Waals surface area contributed by atoms with E-state index < -0.39 is 0 Å². The molecule has 2 rings (SSSR count). The first-order valence-corrected chi connectivity index (χ1v) is 6.53. The van der Waals surface area contributed by atoms with Crippen molar-refractivity contribution in [3.63, 3.8) is 0 Å². The maximum Gasteiger partial charge on any atom is 0.123 e. The minimum atomic E-state index is -0.230. The van der Waals surface area contributed by atoms with Gasteiger partial charge in [0.05, 0.1) is 12.7 Å². The maximum absolute atomic E-state index is 13.3. The number of ether oxygens (including phenoxy) is 1. The largest absolute Gasteiger partial charge is 0.375 e. The fourth-order valence-corrected chi connectivity index (χ4v) is 2.36. The van der Waals surface area contributed by atoms with Gasteiger partial charge >= 0.3 is 0 Å². The summed E-state index contributed by atoms with van der Waals surface area (Å²) in [5, 5.41) is 0. The summed E-state index contributed by atoms with van der Waals surface area (Å²) in [6.07, 6.45) is 1.25. The van der Waals surface area contributed by atoms with Crippen LogP contribution in [-0.2, 0) is 4.74 Å². The molecule has 1 heterocycles. The van der Waals surface area contributed by atoms with Crippen LogP contribution in [0.1, 0.15) is 31.9 Å². The summed E-state index contributed by atoms with van der Waals surface area (Å²) in [7, 11) is 0. The van der Waals surface area contributed by atoms with Crippen LogP contribution >= 0.6 is 0 Å². The van der Waals surface area contributed by atoms with Gasteiger partial charge in [-0.05, 0) is 37.1 Å². The summed E-state index contributed by atoms with van der Waals surface area (Å²) in [6.45, 7) is 6.40. The number of nitrogens with two attached hydrogens (primary N) is 1. The van der Waals surface area contributed by atoms with Crippen molar-refractivity contribution in [2.24, 2.45) is 5.73 Å². The third-order valence-electron chi connectivity index (χ3n) is 3.41. The van der Waals surface area contributed by atoms with Crippen LogP contribution < -0.4 is 10.6 Å². The Morgan fingerprint density at radius 3 is 3.00 bits per heavy atom. The fraction of sp³-hybridized carbons (Fsp3) is 0.571. The molecular weight excluding hydrogens is 231 g/mol. The van der Waals surface area contributed by atoms with Crippen molar-refractivity contribution in [3.8, 4) is 0 Å². The lowest BCUT2D eigenvalue weighted by Crippen LogP contribution is -2.42. The van der Waals surface area contributed by atoms with E-state index in [1.165, 1.54) is 12.1 Å². The first-order chi connectivity index (χ1) is 8.61. The molecule has 1 aromatic carbocycles. The molecule has 1 aliphatic heterocycles. The lowest BCUT2D eigenvalue weighted by molar-refractivity contribution is 0.0383. The topological polar surface area (TPSA) is 38.5 Å². The van der Waals surface area contributed by atoms with Crippen molar-refractivity contribution < 1.29 is 9.13 Å². The van der Waals surface area contributed by atoms with Gasteiger partial charge in [0.15, 0.2) is 0 Å². The minimum Gasteiger partial charge on any atom is -0.375 e. The maximum atomic E-state index is 13.3. The Hall–Kier alpha value is -1.13. The van der Waals surface area contributed by atoms with Gasteiger partial charge in [-0.2, -0.15) is 0 Å². The molecule has 2 unspecified atom stereocenters. The van der Waals surface area contributed by atoms with E-state index in [0.717, 1.165) is 30.8 Å². The van der Waals surface area contributed by atoms with Crippen LogP contribution in [0.3, 0.4) is 0 Å². The van der Waals surface area contributed by atoms with Gasteiger partial charge < -0.3 is 15.4 Å². The third kappa shape index (κ3) is 2.82. The van der Waals surface area contributed by atoms with Crippen LogP contribution in [0.15, 0.2) is 18.2 Å². The van der Waals surface area contributed by atoms with E-state index in [-0.39, 0.29) is 18.0 Å². The molecule has 2 N–H and O–H groups in total. The predicted molar refractivity (Wildman–Crippen MR) is 71.2 cm³/mol. The number of halogens is 1. The number of morpholine rings is 1. The smallest absolute Gasteiger partial charge is 0.123 e. The molecule has 0 spiro atoms. The Bertz CT molecular complexity index is 409. The van der Waals surface area contributed by atoms with Gasteiger partial charge in [0, 0.05) is 24.8 Å². The van der Waals surface area contributed by atoms with Gasteiger partial charge in [0.25, 0.3) is 0 Å². The Morgan fingerprint density at radius 2 is 2.33 bits per heavy atom.